The molecule has 0 saturated heterocycles. The molecule has 4 rings (SSSR count). The molecule has 0 aliphatic heterocycles. The zero-order valence-corrected chi connectivity index (χ0v) is 18.2. The first-order chi connectivity index (χ1) is 14.8. The van der Waals surface area contributed by atoms with Crippen molar-refractivity contribution in [2.24, 2.45) is 0 Å². The van der Waals surface area contributed by atoms with Crippen molar-refractivity contribution < 1.29 is 38.0 Å². The first kappa shape index (κ1) is 23.2. The predicted molar refractivity (Wildman–Crippen MR) is 109 cm³/mol. The molecule has 1 heterocycles. The Morgan fingerprint density at radius 2 is 1.61 bits per heavy atom. The normalized spacial score (nSPS) is 11.3. The number of rotatable bonds is 5. The highest BCUT2D eigenvalue weighted by Gasteiger charge is 2.20. The largest absolute Gasteiger partial charge is 0.497 e. The summed E-state index contributed by atoms with van der Waals surface area (Å²) in [4.78, 5) is 0. The summed E-state index contributed by atoms with van der Waals surface area (Å²) in [5.41, 5.74) is 3.21. The van der Waals surface area contributed by atoms with Gasteiger partial charge in [0.25, 0.3) is 0 Å². The fraction of sp³-hybridized carbons (Fsp3) is 0.174. The molecule has 0 aliphatic carbocycles. The van der Waals surface area contributed by atoms with Gasteiger partial charge >= 0.3 is 11.3 Å². The van der Waals surface area contributed by atoms with Crippen LogP contribution in [0.25, 0.3) is 33.1 Å². The summed E-state index contributed by atoms with van der Waals surface area (Å²) >= 11 is 5.97. The smallest absolute Gasteiger partial charge is 0.361 e. The van der Waals surface area contributed by atoms with Gasteiger partial charge in [-0.1, -0.05) is 24.3 Å². The third kappa shape index (κ3) is 6.27. The molecule has 0 N–H and O–H groups in total. The van der Waals surface area contributed by atoms with Crippen LogP contribution in [-0.4, -0.2) is 13.0 Å². The number of benzene rings is 3. The monoisotopic (exact) mass is 462 g/mol. The minimum atomic E-state index is -4.94. The van der Waals surface area contributed by atoms with Gasteiger partial charge in [0, 0.05) is 18.0 Å². The van der Waals surface area contributed by atoms with Crippen LogP contribution in [0, 0.1) is 10.2 Å². The predicted octanol–water partition coefficient (Wildman–Crippen LogP) is 1.96. The van der Waals surface area contributed by atoms with E-state index in [1.54, 1.807) is 7.11 Å². The van der Waals surface area contributed by atoms with E-state index in [1.807, 2.05) is 24.3 Å². The molecule has 0 saturated carbocycles. The van der Waals surface area contributed by atoms with Crippen LogP contribution in [0.4, 0.5) is 0 Å². The minimum Gasteiger partial charge on any atom is -0.497 e. The van der Waals surface area contributed by atoms with E-state index in [1.165, 1.54) is 21.7 Å². The lowest BCUT2D eigenvalue weighted by Crippen LogP contribution is -2.68. The molecule has 0 fully saturated rings. The number of methoxy groups -OCH3 is 1. The van der Waals surface area contributed by atoms with Crippen LogP contribution in [0.15, 0.2) is 71.1 Å². The van der Waals surface area contributed by atoms with Crippen LogP contribution in [0.5, 0.6) is 5.75 Å². The van der Waals surface area contributed by atoms with Crippen molar-refractivity contribution in [2.75, 3.05) is 13.0 Å². The van der Waals surface area contributed by atoms with Gasteiger partial charge in [-0.15, -0.1) is 21.8 Å². The van der Waals surface area contributed by atoms with E-state index in [4.69, 9.17) is 39.4 Å². The summed E-state index contributed by atoms with van der Waals surface area (Å²) < 4.78 is 45.5. The van der Waals surface area contributed by atoms with Gasteiger partial charge in [0.05, 0.1) is 18.1 Å². The van der Waals surface area contributed by atoms with Gasteiger partial charge in [0.1, 0.15) is 5.75 Å². The minimum absolute atomic E-state index is 0.649. The lowest BCUT2D eigenvalue weighted by atomic mass is 9.98. The molecule has 0 radical (unpaired) electrons. The van der Waals surface area contributed by atoms with Crippen LogP contribution in [0.2, 0.25) is 0 Å². The topological polar surface area (TPSA) is 113 Å². The van der Waals surface area contributed by atoms with Crippen LogP contribution in [0.3, 0.4) is 0 Å². The third-order valence-electron chi connectivity index (χ3n) is 4.69. The summed E-state index contributed by atoms with van der Waals surface area (Å²) in [6.45, 7) is 0. The van der Waals surface area contributed by atoms with Gasteiger partial charge in [0.15, 0.2) is 0 Å². The van der Waals surface area contributed by atoms with Gasteiger partial charge in [0.2, 0.25) is 0 Å². The van der Waals surface area contributed by atoms with E-state index in [-0.39, 0.29) is 0 Å². The summed E-state index contributed by atoms with van der Waals surface area (Å²) in [5, 5.41) is 3.63. The Labute approximate surface area is 186 Å². The lowest BCUT2D eigenvalue weighted by Gasteiger charge is -2.17. The second kappa shape index (κ2) is 10.2. The SMILES string of the molecule is COc1ccc(-c2cc(CCCCl)c3c(ccc4ccccc43)[o+]2)cc1.[O-][Cl+3]([O-])([O-])[O-]. The van der Waals surface area contributed by atoms with E-state index in [0.29, 0.717) is 5.88 Å². The highest BCUT2D eigenvalue weighted by molar-refractivity contribution is 6.17. The molecule has 31 heavy (non-hydrogen) atoms. The summed E-state index contributed by atoms with van der Waals surface area (Å²) in [6.07, 6.45) is 1.86. The number of fused-ring (bicyclic) bond motifs is 3. The summed E-state index contributed by atoms with van der Waals surface area (Å²) in [6, 6.07) is 22.7. The fourth-order valence-corrected chi connectivity index (χ4v) is 3.53. The molecule has 4 aromatic rings. The maximum atomic E-state index is 8.49. The Morgan fingerprint density at radius 3 is 2.26 bits per heavy atom. The number of ether oxygens (including phenoxy) is 1. The van der Waals surface area contributed by atoms with Gasteiger partial charge in [-0.05, 0) is 59.5 Å². The third-order valence-corrected chi connectivity index (χ3v) is 4.96. The number of aryl methyl sites for hydroxylation is 1. The highest BCUT2D eigenvalue weighted by atomic mass is 35.7. The second-order valence-corrected chi connectivity index (χ2v) is 7.83. The standard InChI is InChI=1S/C23H20ClO2.ClHO4/c1-25-19-11-8-17(9-12-19)22-15-18(6-4-14-24)23-20-7-3-2-5-16(20)10-13-21(23)26-22;2-1(3,4)5/h2-3,5,7-13,15H,4,6,14H2,1H3;(H,2,3,4,5)/q+1;/p-1. The lowest BCUT2D eigenvalue weighted by molar-refractivity contribution is -2.00. The van der Waals surface area contributed by atoms with Crippen molar-refractivity contribution in [3.8, 4) is 17.1 Å². The molecule has 0 amide bonds. The molecule has 6 nitrogen and oxygen atoms in total. The molecule has 0 bridgehead atoms. The molecule has 3 aromatic carbocycles. The maximum Gasteiger partial charge on any atom is 0.361 e. The molecule has 0 unspecified atom stereocenters. The quantitative estimate of drug-likeness (QED) is 0.254. The number of hydrogen-bond donors (Lipinski definition) is 0. The van der Waals surface area contributed by atoms with Crippen molar-refractivity contribution in [1.82, 2.24) is 0 Å². The Morgan fingerprint density at radius 1 is 0.935 bits per heavy atom. The summed E-state index contributed by atoms with van der Waals surface area (Å²) in [7, 11) is -3.27. The maximum absolute atomic E-state index is 8.49. The van der Waals surface area contributed by atoms with Crippen molar-refractivity contribution in [1.29, 1.82) is 0 Å². The van der Waals surface area contributed by atoms with E-state index in [2.05, 4.69) is 42.5 Å². The number of hydrogen-bond acceptors (Lipinski definition) is 5. The van der Waals surface area contributed by atoms with Crippen molar-refractivity contribution >= 4 is 33.3 Å². The van der Waals surface area contributed by atoms with Crippen LogP contribution >= 0.6 is 11.6 Å². The van der Waals surface area contributed by atoms with Crippen LogP contribution in [0.1, 0.15) is 12.0 Å². The van der Waals surface area contributed by atoms with E-state index in [0.717, 1.165) is 35.5 Å². The fourth-order valence-electron chi connectivity index (χ4n) is 3.40. The molecule has 162 valence electrons. The molecule has 0 aliphatic rings. The van der Waals surface area contributed by atoms with Crippen molar-refractivity contribution in [2.45, 2.75) is 12.8 Å². The van der Waals surface area contributed by atoms with Crippen molar-refractivity contribution in [3.63, 3.8) is 0 Å². The van der Waals surface area contributed by atoms with E-state index >= 15 is 0 Å². The molecule has 1 aromatic heterocycles. The van der Waals surface area contributed by atoms with Gasteiger partial charge in [-0.2, -0.15) is 0 Å². The Kier molecular flexibility index (Phi) is 7.67. The van der Waals surface area contributed by atoms with Crippen molar-refractivity contribution in [3.05, 3.63) is 72.3 Å². The van der Waals surface area contributed by atoms with Gasteiger partial charge in [-0.25, -0.2) is 23.1 Å². The zero-order chi connectivity index (χ0) is 22.4. The Balaban J connectivity index is 0.000000491. The molecular weight excluding hydrogens is 443 g/mol. The molecule has 8 heteroatoms. The number of alkyl halides is 1. The van der Waals surface area contributed by atoms with Gasteiger partial charge < -0.3 is 4.74 Å². The average molecular weight is 463 g/mol. The van der Waals surface area contributed by atoms with Gasteiger partial charge in [-0.3, -0.25) is 0 Å². The van der Waals surface area contributed by atoms with Crippen LogP contribution < -0.4 is 23.4 Å². The first-order valence-corrected chi connectivity index (χ1v) is 11.2. The number of halogens is 2. The molecule has 0 spiro atoms. The van der Waals surface area contributed by atoms with E-state index < -0.39 is 10.2 Å². The second-order valence-electron chi connectivity index (χ2n) is 6.69. The summed E-state index contributed by atoms with van der Waals surface area (Å²) in [5.74, 6) is 2.35. The Bertz CT molecular complexity index is 1150. The zero-order valence-electron chi connectivity index (χ0n) is 16.7. The average Bonchev–Trinajstić information content (AvgIpc) is 2.76. The highest BCUT2D eigenvalue weighted by Crippen LogP contribution is 2.34. The molecular formula is C23H20Cl2O6. The first-order valence-electron chi connectivity index (χ1n) is 9.40. The molecule has 0 atom stereocenters. The van der Waals surface area contributed by atoms with E-state index in [9.17, 15) is 0 Å². The van der Waals surface area contributed by atoms with Crippen LogP contribution in [-0.2, 0) is 6.42 Å². The Hall–Kier alpha value is -2.45.